The molecule has 0 atom stereocenters. The maximum atomic E-state index is 12.3. The highest BCUT2D eigenvalue weighted by Crippen LogP contribution is 2.33. The lowest BCUT2D eigenvalue weighted by Gasteiger charge is -2.07. The third kappa shape index (κ3) is 4.17. The van der Waals surface area contributed by atoms with E-state index in [0.717, 1.165) is 0 Å². The van der Waals surface area contributed by atoms with Gasteiger partial charge in [0.15, 0.2) is 0 Å². The second-order valence-electron chi connectivity index (χ2n) is 5.39. The van der Waals surface area contributed by atoms with Crippen molar-refractivity contribution in [1.82, 2.24) is 10.2 Å². The molecule has 8 nitrogen and oxygen atoms in total. The predicted octanol–water partition coefficient (Wildman–Crippen LogP) is 3.40. The van der Waals surface area contributed by atoms with Gasteiger partial charge in [-0.3, -0.25) is 10.1 Å². The predicted molar refractivity (Wildman–Crippen MR) is 98.4 cm³/mol. The molecular formula is C19H19N3O5. The molecule has 3 aromatic rings. The van der Waals surface area contributed by atoms with Gasteiger partial charge in [0, 0.05) is 5.56 Å². The van der Waals surface area contributed by atoms with Crippen molar-refractivity contribution in [3.8, 4) is 28.7 Å². The highest BCUT2D eigenvalue weighted by molar-refractivity contribution is 6.03. The molecule has 0 fully saturated rings. The third-order valence-corrected chi connectivity index (χ3v) is 3.71. The topological polar surface area (TPSA) is 95.7 Å². The molecule has 1 N–H and O–H groups in total. The molecule has 0 aliphatic heterocycles. The van der Waals surface area contributed by atoms with Gasteiger partial charge in [-0.25, -0.2) is 0 Å². The number of nitrogens with zero attached hydrogens (tertiary/aromatic N) is 2. The summed E-state index contributed by atoms with van der Waals surface area (Å²) in [4.78, 5) is 12.3. The van der Waals surface area contributed by atoms with Crippen LogP contribution >= 0.6 is 0 Å². The minimum Gasteiger partial charge on any atom is -0.497 e. The van der Waals surface area contributed by atoms with Crippen LogP contribution in [0.2, 0.25) is 0 Å². The molecule has 27 heavy (non-hydrogen) atoms. The van der Waals surface area contributed by atoms with E-state index in [4.69, 9.17) is 18.6 Å². The van der Waals surface area contributed by atoms with E-state index in [0.29, 0.717) is 35.0 Å². The molecule has 0 spiro atoms. The van der Waals surface area contributed by atoms with Crippen LogP contribution in [0.4, 0.5) is 6.01 Å². The SMILES string of the molecule is CCOc1ccc(C(=O)Nc2nnc(-c3cc(OC)ccc3OC)o2)cc1. The van der Waals surface area contributed by atoms with Gasteiger partial charge in [-0.15, -0.1) is 5.10 Å². The van der Waals surface area contributed by atoms with E-state index in [1.54, 1.807) is 49.6 Å². The molecule has 0 saturated heterocycles. The summed E-state index contributed by atoms with van der Waals surface area (Å²) in [5.41, 5.74) is 1.00. The number of carbonyl (C=O) groups is 1. The Morgan fingerprint density at radius 1 is 1.04 bits per heavy atom. The van der Waals surface area contributed by atoms with Gasteiger partial charge >= 0.3 is 6.01 Å². The summed E-state index contributed by atoms with van der Waals surface area (Å²) in [5.74, 6) is 1.69. The van der Waals surface area contributed by atoms with E-state index in [2.05, 4.69) is 15.5 Å². The number of methoxy groups -OCH3 is 2. The summed E-state index contributed by atoms with van der Waals surface area (Å²) in [7, 11) is 3.10. The highest BCUT2D eigenvalue weighted by Gasteiger charge is 2.16. The number of anilines is 1. The van der Waals surface area contributed by atoms with Crippen molar-refractivity contribution < 1.29 is 23.4 Å². The fourth-order valence-corrected chi connectivity index (χ4v) is 2.40. The molecule has 0 aliphatic rings. The lowest BCUT2D eigenvalue weighted by molar-refractivity contribution is 0.102. The lowest BCUT2D eigenvalue weighted by Crippen LogP contribution is -2.12. The number of ether oxygens (including phenoxy) is 3. The zero-order valence-electron chi connectivity index (χ0n) is 15.2. The Hall–Kier alpha value is -3.55. The molecule has 0 aliphatic carbocycles. The van der Waals surface area contributed by atoms with Crippen LogP contribution in [-0.2, 0) is 0 Å². The van der Waals surface area contributed by atoms with E-state index >= 15 is 0 Å². The largest absolute Gasteiger partial charge is 0.497 e. The maximum absolute atomic E-state index is 12.3. The molecule has 0 radical (unpaired) electrons. The van der Waals surface area contributed by atoms with Crippen LogP contribution in [0.5, 0.6) is 17.2 Å². The number of carbonyl (C=O) groups excluding carboxylic acids is 1. The van der Waals surface area contributed by atoms with Gasteiger partial charge in [0.05, 0.1) is 26.4 Å². The van der Waals surface area contributed by atoms with E-state index in [1.165, 1.54) is 7.11 Å². The molecule has 0 unspecified atom stereocenters. The monoisotopic (exact) mass is 369 g/mol. The number of hydrogen-bond donors (Lipinski definition) is 1. The Balaban J connectivity index is 1.77. The second kappa shape index (κ2) is 8.22. The van der Waals surface area contributed by atoms with Gasteiger partial charge in [-0.05, 0) is 49.4 Å². The maximum Gasteiger partial charge on any atom is 0.322 e. The Kier molecular flexibility index (Phi) is 5.55. The van der Waals surface area contributed by atoms with Crippen molar-refractivity contribution in [1.29, 1.82) is 0 Å². The Morgan fingerprint density at radius 3 is 2.44 bits per heavy atom. The van der Waals surface area contributed by atoms with Gasteiger partial charge in [-0.2, -0.15) is 0 Å². The minimum atomic E-state index is -0.370. The number of rotatable bonds is 7. The first-order chi connectivity index (χ1) is 13.1. The third-order valence-electron chi connectivity index (χ3n) is 3.71. The molecule has 8 heteroatoms. The van der Waals surface area contributed by atoms with Crippen LogP contribution in [0.1, 0.15) is 17.3 Å². The molecule has 3 rings (SSSR count). The zero-order chi connectivity index (χ0) is 19.2. The van der Waals surface area contributed by atoms with Crippen LogP contribution in [0.25, 0.3) is 11.5 Å². The van der Waals surface area contributed by atoms with Crippen LogP contribution in [-0.4, -0.2) is 36.9 Å². The lowest BCUT2D eigenvalue weighted by atomic mass is 10.2. The van der Waals surface area contributed by atoms with Crippen molar-refractivity contribution >= 4 is 11.9 Å². The fraction of sp³-hybridized carbons (Fsp3) is 0.211. The van der Waals surface area contributed by atoms with Crippen molar-refractivity contribution in [2.45, 2.75) is 6.92 Å². The molecule has 1 heterocycles. The number of aromatic nitrogens is 2. The Labute approximate surface area is 156 Å². The molecule has 1 aromatic heterocycles. The van der Waals surface area contributed by atoms with Gasteiger partial charge in [0.1, 0.15) is 17.2 Å². The van der Waals surface area contributed by atoms with Crippen LogP contribution < -0.4 is 19.5 Å². The highest BCUT2D eigenvalue weighted by atomic mass is 16.5. The van der Waals surface area contributed by atoms with Crippen LogP contribution in [0.15, 0.2) is 46.9 Å². The van der Waals surface area contributed by atoms with E-state index in [-0.39, 0.29) is 17.8 Å². The van der Waals surface area contributed by atoms with Gasteiger partial charge in [0.25, 0.3) is 11.8 Å². The normalized spacial score (nSPS) is 10.3. The first-order valence-electron chi connectivity index (χ1n) is 8.24. The molecule has 2 aromatic carbocycles. The first kappa shape index (κ1) is 18.2. The molecule has 140 valence electrons. The number of amides is 1. The Morgan fingerprint density at radius 2 is 1.78 bits per heavy atom. The summed E-state index contributed by atoms with van der Waals surface area (Å²) in [6.45, 7) is 2.45. The summed E-state index contributed by atoms with van der Waals surface area (Å²) in [6, 6.07) is 11.9. The van der Waals surface area contributed by atoms with Crippen molar-refractivity contribution in [3.05, 3.63) is 48.0 Å². The average molecular weight is 369 g/mol. The number of nitrogens with one attached hydrogen (secondary N) is 1. The molecule has 1 amide bonds. The van der Waals surface area contributed by atoms with E-state index in [1.807, 2.05) is 6.92 Å². The fourth-order valence-electron chi connectivity index (χ4n) is 2.40. The zero-order valence-corrected chi connectivity index (χ0v) is 15.2. The quantitative estimate of drug-likeness (QED) is 0.682. The first-order valence-corrected chi connectivity index (χ1v) is 8.24. The molecular weight excluding hydrogens is 350 g/mol. The van der Waals surface area contributed by atoms with Gasteiger partial charge in [0.2, 0.25) is 0 Å². The van der Waals surface area contributed by atoms with Crippen molar-refractivity contribution in [2.75, 3.05) is 26.1 Å². The summed E-state index contributed by atoms with van der Waals surface area (Å²) in [5, 5.41) is 10.4. The standard InChI is InChI=1S/C19H19N3O5/c1-4-26-13-7-5-12(6-8-13)17(23)20-19-22-21-18(27-19)15-11-14(24-2)9-10-16(15)25-3/h5-11H,4H2,1-3H3,(H,20,22,23). The summed E-state index contributed by atoms with van der Waals surface area (Å²) < 4.78 is 21.4. The smallest absolute Gasteiger partial charge is 0.322 e. The average Bonchev–Trinajstić information content (AvgIpc) is 3.16. The van der Waals surface area contributed by atoms with Crippen molar-refractivity contribution in [2.24, 2.45) is 0 Å². The minimum absolute atomic E-state index is 0.0197. The van der Waals surface area contributed by atoms with Crippen molar-refractivity contribution in [3.63, 3.8) is 0 Å². The molecule has 0 bridgehead atoms. The van der Waals surface area contributed by atoms with Crippen LogP contribution in [0, 0.1) is 0 Å². The van der Waals surface area contributed by atoms with Gasteiger partial charge < -0.3 is 18.6 Å². The van der Waals surface area contributed by atoms with Crippen LogP contribution in [0.3, 0.4) is 0 Å². The van der Waals surface area contributed by atoms with Gasteiger partial charge in [-0.1, -0.05) is 5.10 Å². The van der Waals surface area contributed by atoms with E-state index in [9.17, 15) is 4.79 Å². The number of benzene rings is 2. The Bertz CT molecular complexity index is 921. The summed E-state index contributed by atoms with van der Waals surface area (Å²) >= 11 is 0. The second-order valence-corrected chi connectivity index (χ2v) is 5.39. The molecule has 0 saturated carbocycles. The summed E-state index contributed by atoms with van der Waals surface area (Å²) in [6.07, 6.45) is 0. The van der Waals surface area contributed by atoms with E-state index < -0.39 is 0 Å². The number of hydrogen-bond acceptors (Lipinski definition) is 7.